The molecule has 0 aliphatic heterocycles. The first-order chi connectivity index (χ1) is 15.7. The van der Waals surface area contributed by atoms with Gasteiger partial charge in [0.05, 0.1) is 11.0 Å². The molecule has 175 valence electrons. The molecule has 2 heterocycles. The zero-order valence-corrected chi connectivity index (χ0v) is 26.8. The molecule has 0 N–H and O–H groups in total. The average Bonchev–Trinajstić information content (AvgIpc) is 2.85. The zero-order chi connectivity index (χ0) is 22.2. The summed E-state index contributed by atoms with van der Waals surface area (Å²) in [5.74, 6) is 0. The summed E-state index contributed by atoms with van der Waals surface area (Å²) in [6, 6.07) is 32.7. The van der Waals surface area contributed by atoms with Gasteiger partial charge in [0.2, 0.25) is 0 Å². The molecule has 7 heteroatoms. The standard InChI is InChI=1S/C15H15NS2.C12H8N2.Bi.Co.3H/c17-15(18)16(11-13-7-3-1-4-8-13)12-14-9-5-2-6-10-14;1-3-9-5-6-11-10(4-2-7-13-11)12(9)14-8-1;;;;;/h1-10H,11-12H2,(H,17,18);1-8H;;;;;. The van der Waals surface area contributed by atoms with Crippen molar-refractivity contribution < 1.29 is 16.8 Å². The predicted octanol–water partition coefficient (Wildman–Crippen LogP) is 5.50. The molecule has 3 aromatic carbocycles. The molecular formula is C27H26BiCoN3S2. The average molecular weight is 725 g/mol. The van der Waals surface area contributed by atoms with Gasteiger partial charge in [-0.15, -0.1) is 12.6 Å². The fourth-order valence-electron chi connectivity index (χ4n) is 3.50. The molecule has 0 aliphatic rings. The SMILES string of the molecule is S=C(S)N(Cc1ccccc1)Cc1ccccc1.[BiH3].[Co].c1cnc2c(c1)ccc1ncccc12. The van der Waals surface area contributed by atoms with Crippen molar-refractivity contribution in [3.8, 4) is 0 Å². The molecule has 0 saturated carbocycles. The van der Waals surface area contributed by atoms with E-state index in [4.69, 9.17) is 12.2 Å². The summed E-state index contributed by atoms with van der Waals surface area (Å²) in [6.07, 6.45) is 3.62. The molecule has 5 aromatic rings. The molecule has 2 aromatic heterocycles. The number of thiol groups is 1. The van der Waals surface area contributed by atoms with E-state index < -0.39 is 0 Å². The first kappa shape index (κ1) is 28.3. The quantitative estimate of drug-likeness (QED) is 0.115. The third-order valence-electron chi connectivity index (χ3n) is 5.06. The number of hydrogen-bond donors (Lipinski definition) is 1. The van der Waals surface area contributed by atoms with Gasteiger partial charge in [-0.2, -0.15) is 0 Å². The molecule has 5 rings (SSSR count). The van der Waals surface area contributed by atoms with Crippen molar-refractivity contribution in [3.63, 3.8) is 0 Å². The van der Waals surface area contributed by atoms with Crippen LogP contribution in [0.2, 0.25) is 0 Å². The number of benzene rings is 3. The number of nitrogens with zero attached hydrogens (tertiary/aromatic N) is 3. The minimum Gasteiger partial charge on any atom is -0.256 e. The monoisotopic (exact) mass is 724 g/mol. The van der Waals surface area contributed by atoms with Crippen molar-refractivity contribution in [1.29, 1.82) is 0 Å². The molecule has 0 atom stereocenters. The van der Waals surface area contributed by atoms with Crippen molar-refractivity contribution >= 4 is 77.2 Å². The van der Waals surface area contributed by atoms with Crippen LogP contribution in [0.15, 0.2) is 109 Å². The minimum absolute atomic E-state index is 0. The summed E-state index contributed by atoms with van der Waals surface area (Å²) in [6.45, 7) is 1.58. The van der Waals surface area contributed by atoms with Crippen molar-refractivity contribution in [2.75, 3.05) is 0 Å². The molecule has 34 heavy (non-hydrogen) atoms. The second-order valence-corrected chi connectivity index (χ2v) is 8.43. The summed E-state index contributed by atoms with van der Waals surface area (Å²) in [5.41, 5.74) is 4.51. The minimum atomic E-state index is 0. The topological polar surface area (TPSA) is 29.0 Å². The van der Waals surface area contributed by atoms with Gasteiger partial charge in [-0.05, 0) is 35.4 Å². The molecule has 0 unspecified atom stereocenters. The van der Waals surface area contributed by atoms with Crippen molar-refractivity contribution in [3.05, 3.63) is 121 Å². The molecule has 0 saturated heterocycles. The summed E-state index contributed by atoms with van der Waals surface area (Å²) in [7, 11) is 0. The van der Waals surface area contributed by atoms with Gasteiger partial charge in [-0.3, -0.25) is 9.97 Å². The Kier molecular flexibility index (Phi) is 12.1. The number of fused-ring (bicyclic) bond motifs is 3. The first-order valence-corrected chi connectivity index (χ1v) is 11.2. The number of thiocarbonyl (C=S) groups is 1. The number of rotatable bonds is 4. The first-order valence-electron chi connectivity index (χ1n) is 10.3. The second-order valence-electron chi connectivity index (χ2n) is 7.32. The maximum absolute atomic E-state index is 5.21. The molecule has 0 bridgehead atoms. The van der Waals surface area contributed by atoms with E-state index in [1.54, 1.807) is 6.20 Å². The van der Waals surface area contributed by atoms with Crippen LogP contribution in [-0.2, 0) is 29.9 Å². The van der Waals surface area contributed by atoms with E-state index in [0.29, 0.717) is 4.32 Å². The van der Waals surface area contributed by atoms with Crippen molar-refractivity contribution in [1.82, 2.24) is 14.9 Å². The van der Waals surface area contributed by atoms with E-state index in [1.807, 2.05) is 60.8 Å². The Bertz CT molecular complexity index is 1220. The third-order valence-corrected chi connectivity index (χ3v) is 5.60. The zero-order valence-electron chi connectivity index (χ0n) is 18.5. The van der Waals surface area contributed by atoms with Crippen LogP contribution < -0.4 is 0 Å². The van der Waals surface area contributed by atoms with E-state index in [0.717, 1.165) is 34.9 Å². The van der Waals surface area contributed by atoms with Gasteiger partial charge >= 0.3 is 26.2 Å². The molecular weight excluding hydrogens is 698 g/mol. The molecule has 3 nitrogen and oxygen atoms in total. The Hall–Kier alpha value is -1.89. The van der Waals surface area contributed by atoms with Gasteiger partial charge in [0.1, 0.15) is 4.32 Å². The molecule has 0 fully saturated rings. The van der Waals surface area contributed by atoms with Crippen LogP contribution in [0.4, 0.5) is 0 Å². The van der Waals surface area contributed by atoms with Crippen LogP contribution in [0.3, 0.4) is 0 Å². The van der Waals surface area contributed by atoms with Crippen molar-refractivity contribution in [2.24, 2.45) is 0 Å². The Labute approximate surface area is 240 Å². The number of hydrogen-bond acceptors (Lipinski definition) is 3. The fraction of sp³-hybridized carbons (Fsp3) is 0.0741. The van der Waals surface area contributed by atoms with Gasteiger partial charge in [0.25, 0.3) is 0 Å². The van der Waals surface area contributed by atoms with Gasteiger partial charge in [0.15, 0.2) is 0 Å². The summed E-state index contributed by atoms with van der Waals surface area (Å²) in [5, 5.41) is 2.28. The van der Waals surface area contributed by atoms with Gasteiger partial charge in [-0.1, -0.05) is 85.0 Å². The molecule has 0 aliphatic carbocycles. The number of pyridine rings is 2. The van der Waals surface area contributed by atoms with E-state index >= 15 is 0 Å². The van der Waals surface area contributed by atoms with Crippen LogP contribution in [-0.4, -0.2) is 45.4 Å². The molecule has 1 radical (unpaired) electrons. The molecule has 0 spiro atoms. The smallest absolute Gasteiger partial charge is 0.0795 e. The van der Waals surface area contributed by atoms with Crippen LogP contribution in [0.1, 0.15) is 11.1 Å². The normalized spacial score (nSPS) is 9.79. The van der Waals surface area contributed by atoms with Gasteiger partial charge in [0, 0.05) is 53.0 Å². The van der Waals surface area contributed by atoms with Crippen LogP contribution in [0, 0.1) is 0 Å². The summed E-state index contributed by atoms with van der Waals surface area (Å²) >= 11 is 9.52. The Balaban J connectivity index is 0.000000232. The fourth-order valence-corrected chi connectivity index (χ4v) is 3.77. The summed E-state index contributed by atoms with van der Waals surface area (Å²) < 4.78 is 0.628. The second kappa shape index (κ2) is 14.5. The van der Waals surface area contributed by atoms with Crippen LogP contribution in [0.5, 0.6) is 0 Å². The van der Waals surface area contributed by atoms with E-state index in [1.165, 1.54) is 11.1 Å². The van der Waals surface area contributed by atoms with Crippen molar-refractivity contribution in [2.45, 2.75) is 13.1 Å². The van der Waals surface area contributed by atoms with Crippen LogP contribution >= 0.6 is 24.8 Å². The third kappa shape index (κ3) is 7.82. The maximum atomic E-state index is 5.21. The van der Waals surface area contributed by atoms with Gasteiger partial charge < -0.3 is 4.90 Å². The Morgan fingerprint density at radius 1 is 0.706 bits per heavy atom. The largest absolute Gasteiger partial charge is 0.256 e. The van der Waals surface area contributed by atoms with E-state index in [-0.39, 0.29) is 43.0 Å². The van der Waals surface area contributed by atoms with E-state index in [9.17, 15) is 0 Å². The Morgan fingerprint density at radius 3 is 1.85 bits per heavy atom. The number of aromatic nitrogens is 2. The predicted molar refractivity (Wildman–Crippen MR) is 151 cm³/mol. The molecule has 0 amide bonds. The maximum Gasteiger partial charge on any atom is 0.0795 e. The van der Waals surface area contributed by atoms with E-state index in [2.05, 4.69) is 70.0 Å². The summed E-state index contributed by atoms with van der Waals surface area (Å²) in [4.78, 5) is 10.7. The Morgan fingerprint density at radius 2 is 1.26 bits per heavy atom. The van der Waals surface area contributed by atoms with Gasteiger partial charge in [-0.25, -0.2) is 0 Å². The van der Waals surface area contributed by atoms with Crippen LogP contribution in [0.25, 0.3) is 21.8 Å².